The van der Waals surface area contributed by atoms with Gasteiger partial charge in [-0.05, 0) is 36.8 Å². The first-order valence-corrected chi connectivity index (χ1v) is 7.89. The minimum atomic E-state index is -0.636. The number of carbonyl (C=O) groups is 2. The lowest BCUT2D eigenvalue weighted by atomic mass is 10.2. The molecule has 0 saturated heterocycles. The minimum Gasteiger partial charge on any atom is -0.497 e. The average molecular weight is 359 g/mol. The van der Waals surface area contributed by atoms with Crippen molar-refractivity contribution < 1.29 is 28.5 Å². The van der Waals surface area contributed by atoms with E-state index in [0.717, 1.165) is 5.56 Å². The monoisotopic (exact) mass is 359 g/mol. The molecule has 0 aliphatic rings. The summed E-state index contributed by atoms with van der Waals surface area (Å²) in [4.78, 5) is 23.6. The largest absolute Gasteiger partial charge is 0.497 e. The van der Waals surface area contributed by atoms with Crippen LogP contribution in [0.5, 0.6) is 17.2 Å². The van der Waals surface area contributed by atoms with E-state index in [1.807, 2.05) is 19.1 Å². The SMILES string of the molecule is COc1ccc(NC(=O)COC(=O)COc2cccc(C)c2)c(OC)c1. The van der Waals surface area contributed by atoms with Gasteiger partial charge in [-0.1, -0.05) is 12.1 Å². The Morgan fingerprint density at radius 3 is 2.46 bits per heavy atom. The zero-order valence-corrected chi connectivity index (χ0v) is 14.9. The van der Waals surface area contributed by atoms with Crippen molar-refractivity contribution in [1.82, 2.24) is 0 Å². The predicted molar refractivity (Wildman–Crippen MR) is 95.8 cm³/mol. The van der Waals surface area contributed by atoms with E-state index in [1.165, 1.54) is 14.2 Å². The van der Waals surface area contributed by atoms with Gasteiger partial charge in [-0.3, -0.25) is 4.79 Å². The summed E-state index contributed by atoms with van der Waals surface area (Å²) in [5.74, 6) is 0.474. The smallest absolute Gasteiger partial charge is 0.344 e. The van der Waals surface area contributed by atoms with Crippen molar-refractivity contribution >= 4 is 17.6 Å². The van der Waals surface area contributed by atoms with E-state index in [0.29, 0.717) is 22.9 Å². The fourth-order valence-corrected chi connectivity index (χ4v) is 2.12. The van der Waals surface area contributed by atoms with Gasteiger partial charge in [0, 0.05) is 6.07 Å². The molecule has 26 heavy (non-hydrogen) atoms. The van der Waals surface area contributed by atoms with Gasteiger partial charge in [0.05, 0.1) is 19.9 Å². The number of methoxy groups -OCH3 is 2. The maximum absolute atomic E-state index is 11.9. The first-order valence-electron chi connectivity index (χ1n) is 7.89. The summed E-state index contributed by atoms with van der Waals surface area (Å²) in [7, 11) is 3.01. The summed E-state index contributed by atoms with van der Waals surface area (Å²) in [5, 5.41) is 2.61. The number of carbonyl (C=O) groups excluding carboxylic acids is 2. The number of esters is 1. The number of hydrogen-bond donors (Lipinski definition) is 1. The van der Waals surface area contributed by atoms with Crippen LogP contribution < -0.4 is 19.5 Å². The Kier molecular flexibility index (Phi) is 6.84. The van der Waals surface area contributed by atoms with Gasteiger partial charge in [0.15, 0.2) is 13.2 Å². The maximum atomic E-state index is 11.9. The van der Waals surface area contributed by atoms with Crippen molar-refractivity contribution in [3.8, 4) is 17.2 Å². The van der Waals surface area contributed by atoms with E-state index >= 15 is 0 Å². The molecular formula is C19H21NO6. The zero-order chi connectivity index (χ0) is 18.9. The standard InChI is InChI=1S/C19H21NO6/c1-13-5-4-6-15(9-13)25-12-19(22)26-11-18(21)20-16-8-7-14(23-2)10-17(16)24-3/h4-10H,11-12H2,1-3H3,(H,20,21). The lowest BCUT2D eigenvalue weighted by Gasteiger charge is -2.12. The van der Waals surface area contributed by atoms with Crippen LogP contribution in [-0.4, -0.2) is 39.3 Å². The third-order valence-electron chi connectivity index (χ3n) is 3.39. The number of nitrogens with one attached hydrogen (secondary N) is 1. The van der Waals surface area contributed by atoms with Gasteiger partial charge in [0.1, 0.15) is 17.2 Å². The molecule has 0 radical (unpaired) electrons. The van der Waals surface area contributed by atoms with Gasteiger partial charge in [-0.2, -0.15) is 0 Å². The van der Waals surface area contributed by atoms with Crippen LogP contribution in [-0.2, 0) is 14.3 Å². The third-order valence-corrected chi connectivity index (χ3v) is 3.39. The fraction of sp³-hybridized carbons (Fsp3) is 0.263. The molecule has 0 unspecified atom stereocenters. The van der Waals surface area contributed by atoms with Gasteiger partial charge in [0.25, 0.3) is 5.91 Å². The van der Waals surface area contributed by atoms with Gasteiger partial charge in [0.2, 0.25) is 0 Å². The number of aryl methyl sites for hydroxylation is 1. The zero-order valence-electron chi connectivity index (χ0n) is 14.9. The number of hydrogen-bond acceptors (Lipinski definition) is 6. The highest BCUT2D eigenvalue weighted by atomic mass is 16.6. The van der Waals surface area contributed by atoms with Crippen molar-refractivity contribution in [3.63, 3.8) is 0 Å². The molecule has 0 aliphatic carbocycles. The molecular weight excluding hydrogens is 338 g/mol. The van der Waals surface area contributed by atoms with Crippen molar-refractivity contribution in [2.75, 3.05) is 32.8 Å². The Bertz CT molecular complexity index is 774. The van der Waals surface area contributed by atoms with E-state index < -0.39 is 18.5 Å². The van der Waals surface area contributed by atoms with Gasteiger partial charge in [-0.15, -0.1) is 0 Å². The van der Waals surface area contributed by atoms with Crippen LogP contribution in [0.15, 0.2) is 42.5 Å². The molecule has 2 rings (SSSR count). The lowest BCUT2D eigenvalue weighted by molar-refractivity contribution is -0.149. The number of benzene rings is 2. The van der Waals surface area contributed by atoms with Crippen molar-refractivity contribution in [3.05, 3.63) is 48.0 Å². The normalized spacial score (nSPS) is 9.96. The Morgan fingerprint density at radius 2 is 1.77 bits per heavy atom. The summed E-state index contributed by atoms with van der Waals surface area (Å²) in [5.41, 5.74) is 1.47. The molecule has 0 spiro atoms. The Labute approximate surface area is 151 Å². The van der Waals surface area contributed by atoms with E-state index in [9.17, 15) is 9.59 Å². The number of anilines is 1. The summed E-state index contributed by atoms with van der Waals surface area (Å²) >= 11 is 0. The summed E-state index contributed by atoms with van der Waals surface area (Å²) < 4.78 is 20.5. The highest BCUT2D eigenvalue weighted by molar-refractivity contribution is 5.94. The highest BCUT2D eigenvalue weighted by Gasteiger charge is 2.12. The van der Waals surface area contributed by atoms with Crippen LogP contribution >= 0.6 is 0 Å². The van der Waals surface area contributed by atoms with Crippen LogP contribution in [0.2, 0.25) is 0 Å². The van der Waals surface area contributed by atoms with Crippen molar-refractivity contribution in [2.24, 2.45) is 0 Å². The molecule has 2 aromatic carbocycles. The van der Waals surface area contributed by atoms with E-state index in [2.05, 4.69) is 5.32 Å². The average Bonchev–Trinajstić information content (AvgIpc) is 2.65. The fourth-order valence-electron chi connectivity index (χ4n) is 2.12. The van der Waals surface area contributed by atoms with Crippen molar-refractivity contribution in [1.29, 1.82) is 0 Å². The molecule has 0 aromatic heterocycles. The van der Waals surface area contributed by atoms with Gasteiger partial charge >= 0.3 is 5.97 Å². The molecule has 7 nitrogen and oxygen atoms in total. The predicted octanol–water partition coefficient (Wildman–Crippen LogP) is 2.57. The minimum absolute atomic E-state index is 0.275. The van der Waals surface area contributed by atoms with E-state index in [-0.39, 0.29) is 6.61 Å². The molecule has 1 N–H and O–H groups in total. The van der Waals surface area contributed by atoms with Crippen LogP contribution in [0.25, 0.3) is 0 Å². The molecule has 0 atom stereocenters. The molecule has 138 valence electrons. The van der Waals surface area contributed by atoms with Gasteiger partial charge in [-0.25, -0.2) is 4.79 Å². The molecule has 0 saturated carbocycles. The van der Waals surface area contributed by atoms with Crippen molar-refractivity contribution in [2.45, 2.75) is 6.92 Å². The number of amides is 1. The Morgan fingerprint density at radius 1 is 0.962 bits per heavy atom. The highest BCUT2D eigenvalue weighted by Crippen LogP contribution is 2.28. The topological polar surface area (TPSA) is 83.1 Å². The van der Waals surface area contributed by atoms with Gasteiger partial charge < -0.3 is 24.3 Å². The summed E-state index contributed by atoms with van der Waals surface area (Å²) in [6, 6.07) is 12.2. The summed E-state index contributed by atoms with van der Waals surface area (Å²) in [6.45, 7) is 1.22. The summed E-state index contributed by atoms with van der Waals surface area (Å²) in [6.07, 6.45) is 0. The first kappa shape index (κ1) is 19.1. The number of rotatable bonds is 8. The molecule has 0 aliphatic heterocycles. The molecule has 0 fully saturated rings. The lowest BCUT2D eigenvalue weighted by Crippen LogP contribution is -2.23. The second-order valence-corrected chi connectivity index (χ2v) is 5.38. The molecule has 1 amide bonds. The van der Waals surface area contributed by atoms with Crippen LogP contribution in [0, 0.1) is 6.92 Å². The second kappa shape index (κ2) is 9.31. The van der Waals surface area contributed by atoms with E-state index in [4.69, 9.17) is 18.9 Å². The van der Waals surface area contributed by atoms with Crippen LogP contribution in [0.1, 0.15) is 5.56 Å². The Hall–Kier alpha value is -3.22. The Balaban J connectivity index is 1.80. The molecule has 2 aromatic rings. The third kappa shape index (κ3) is 5.70. The number of ether oxygens (including phenoxy) is 4. The molecule has 0 heterocycles. The molecule has 0 bridgehead atoms. The van der Waals surface area contributed by atoms with E-state index in [1.54, 1.807) is 30.3 Å². The van der Waals surface area contributed by atoms with Crippen LogP contribution in [0.3, 0.4) is 0 Å². The maximum Gasteiger partial charge on any atom is 0.344 e. The quantitative estimate of drug-likeness (QED) is 0.730. The molecule has 7 heteroatoms. The van der Waals surface area contributed by atoms with Crippen LogP contribution in [0.4, 0.5) is 5.69 Å². The first-order chi connectivity index (χ1) is 12.5. The second-order valence-electron chi connectivity index (χ2n) is 5.38.